The Morgan fingerprint density at radius 2 is 2.13 bits per heavy atom. The van der Waals surface area contributed by atoms with Gasteiger partial charge in [-0.2, -0.15) is 10.1 Å². The van der Waals surface area contributed by atoms with Crippen molar-refractivity contribution >= 4 is 11.8 Å². The number of aromatic nitrogens is 3. The van der Waals surface area contributed by atoms with E-state index in [0.29, 0.717) is 12.0 Å². The van der Waals surface area contributed by atoms with Crippen molar-refractivity contribution < 1.29 is 4.74 Å². The van der Waals surface area contributed by atoms with Gasteiger partial charge in [0.05, 0.1) is 19.4 Å². The summed E-state index contributed by atoms with van der Waals surface area (Å²) in [6.45, 7) is 8.82. The van der Waals surface area contributed by atoms with Crippen LogP contribution in [0, 0.1) is 0 Å². The largest absolute Gasteiger partial charge is 0.379 e. The molecular formula is C16H28N6O. The zero-order valence-electron chi connectivity index (χ0n) is 14.1. The van der Waals surface area contributed by atoms with Gasteiger partial charge in [0, 0.05) is 38.8 Å². The molecule has 3 heterocycles. The van der Waals surface area contributed by atoms with Crippen LogP contribution in [-0.4, -0.2) is 72.1 Å². The first-order valence-electron chi connectivity index (χ1n) is 8.87. The number of nitrogens with zero attached hydrogens (tertiary/aromatic N) is 5. The predicted octanol–water partition coefficient (Wildman–Crippen LogP) is 1.38. The maximum Gasteiger partial charge on any atom is 0.244 e. The standard InChI is InChI=1S/C16H28N6O/c1-2-14-5-3-4-7-22(14)15-13-18-20-16(19-15)17-6-8-21-9-11-23-12-10-21/h13-14H,2-12H2,1H3,(H,17,19,20). The lowest BCUT2D eigenvalue weighted by Gasteiger charge is -2.35. The van der Waals surface area contributed by atoms with E-state index in [1.807, 2.05) is 0 Å². The maximum absolute atomic E-state index is 5.37. The van der Waals surface area contributed by atoms with E-state index in [2.05, 4.69) is 37.2 Å². The lowest BCUT2D eigenvalue weighted by Crippen LogP contribution is -2.40. The van der Waals surface area contributed by atoms with Crippen LogP contribution in [0.2, 0.25) is 0 Å². The van der Waals surface area contributed by atoms with Crippen LogP contribution in [0.3, 0.4) is 0 Å². The van der Waals surface area contributed by atoms with E-state index in [1.54, 1.807) is 6.20 Å². The quantitative estimate of drug-likeness (QED) is 0.849. The average molecular weight is 320 g/mol. The minimum Gasteiger partial charge on any atom is -0.379 e. The third-order valence-corrected chi connectivity index (χ3v) is 4.75. The number of morpholine rings is 1. The Morgan fingerprint density at radius 1 is 1.26 bits per heavy atom. The Bertz CT molecular complexity index is 479. The molecule has 2 aliphatic rings. The van der Waals surface area contributed by atoms with Crippen molar-refractivity contribution in [2.75, 3.05) is 56.2 Å². The molecular weight excluding hydrogens is 292 g/mol. The Balaban J connectivity index is 1.54. The fourth-order valence-electron chi connectivity index (χ4n) is 3.39. The number of hydrogen-bond donors (Lipinski definition) is 1. The highest BCUT2D eigenvalue weighted by molar-refractivity contribution is 5.41. The zero-order valence-corrected chi connectivity index (χ0v) is 14.1. The van der Waals surface area contributed by atoms with Crippen LogP contribution >= 0.6 is 0 Å². The van der Waals surface area contributed by atoms with Crippen molar-refractivity contribution in [3.63, 3.8) is 0 Å². The Labute approximate surface area is 138 Å². The molecule has 0 radical (unpaired) electrons. The highest BCUT2D eigenvalue weighted by Gasteiger charge is 2.22. The van der Waals surface area contributed by atoms with Gasteiger partial charge in [0.25, 0.3) is 0 Å². The van der Waals surface area contributed by atoms with Crippen LogP contribution in [-0.2, 0) is 4.74 Å². The third-order valence-electron chi connectivity index (χ3n) is 4.75. The van der Waals surface area contributed by atoms with E-state index in [1.165, 1.54) is 19.3 Å². The molecule has 2 aliphatic heterocycles. The SMILES string of the molecule is CCC1CCCCN1c1cnnc(NCCN2CCOCC2)n1. The van der Waals surface area contributed by atoms with Crippen LogP contribution in [0.4, 0.5) is 11.8 Å². The first kappa shape index (κ1) is 16.4. The van der Waals surface area contributed by atoms with Crippen LogP contribution in [0.15, 0.2) is 6.20 Å². The number of anilines is 2. The Hall–Kier alpha value is -1.47. The normalized spacial score (nSPS) is 23.0. The van der Waals surface area contributed by atoms with E-state index < -0.39 is 0 Å². The molecule has 128 valence electrons. The average Bonchev–Trinajstić information content (AvgIpc) is 2.63. The lowest BCUT2D eigenvalue weighted by atomic mass is 10.0. The van der Waals surface area contributed by atoms with Crippen LogP contribution < -0.4 is 10.2 Å². The van der Waals surface area contributed by atoms with E-state index in [-0.39, 0.29) is 0 Å². The summed E-state index contributed by atoms with van der Waals surface area (Å²) in [6.07, 6.45) is 6.75. The van der Waals surface area contributed by atoms with E-state index in [4.69, 9.17) is 4.74 Å². The molecule has 7 nitrogen and oxygen atoms in total. The van der Waals surface area contributed by atoms with Gasteiger partial charge >= 0.3 is 0 Å². The number of ether oxygens (including phenoxy) is 1. The van der Waals surface area contributed by atoms with Gasteiger partial charge in [-0.05, 0) is 25.7 Å². The second-order valence-electron chi connectivity index (χ2n) is 6.27. The van der Waals surface area contributed by atoms with Gasteiger partial charge in [-0.3, -0.25) is 4.90 Å². The summed E-state index contributed by atoms with van der Waals surface area (Å²) >= 11 is 0. The Kier molecular flexibility index (Phi) is 5.99. The highest BCUT2D eigenvalue weighted by Crippen LogP contribution is 2.24. The minimum absolute atomic E-state index is 0.585. The van der Waals surface area contributed by atoms with Gasteiger partial charge < -0.3 is 15.0 Å². The first-order valence-corrected chi connectivity index (χ1v) is 8.87. The number of hydrogen-bond acceptors (Lipinski definition) is 7. The predicted molar refractivity (Wildman–Crippen MR) is 90.9 cm³/mol. The van der Waals surface area contributed by atoms with Gasteiger partial charge in [-0.25, -0.2) is 0 Å². The molecule has 0 saturated carbocycles. The molecule has 3 rings (SSSR count). The summed E-state index contributed by atoms with van der Waals surface area (Å²) in [6, 6.07) is 0.585. The smallest absolute Gasteiger partial charge is 0.244 e. The molecule has 1 atom stereocenters. The van der Waals surface area contributed by atoms with Crippen molar-refractivity contribution in [3.8, 4) is 0 Å². The fourth-order valence-corrected chi connectivity index (χ4v) is 3.39. The molecule has 1 aromatic rings. The first-order chi connectivity index (χ1) is 11.4. The second kappa shape index (κ2) is 8.40. The van der Waals surface area contributed by atoms with Crippen molar-refractivity contribution in [2.24, 2.45) is 0 Å². The molecule has 1 aromatic heterocycles. The van der Waals surface area contributed by atoms with Crippen LogP contribution in [0.1, 0.15) is 32.6 Å². The summed E-state index contributed by atoms with van der Waals surface area (Å²) in [5.74, 6) is 1.59. The minimum atomic E-state index is 0.585. The monoisotopic (exact) mass is 320 g/mol. The molecule has 1 unspecified atom stereocenters. The summed E-state index contributed by atoms with van der Waals surface area (Å²) in [7, 11) is 0. The summed E-state index contributed by atoms with van der Waals surface area (Å²) in [5.41, 5.74) is 0. The molecule has 23 heavy (non-hydrogen) atoms. The van der Waals surface area contributed by atoms with E-state index in [0.717, 1.165) is 58.2 Å². The molecule has 7 heteroatoms. The zero-order chi connectivity index (χ0) is 15.9. The highest BCUT2D eigenvalue weighted by atomic mass is 16.5. The van der Waals surface area contributed by atoms with Crippen molar-refractivity contribution in [1.29, 1.82) is 0 Å². The molecule has 0 bridgehead atoms. The van der Waals surface area contributed by atoms with Crippen molar-refractivity contribution in [2.45, 2.75) is 38.6 Å². The summed E-state index contributed by atoms with van der Waals surface area (Å²) < 4.78 is 5.37. The molecule has 0 aromatic carbocycles. The molecule has 0 amide bonds. The fraction of sp³-hybridized carbons (Fsp3) is 0.812. The lowest BCUT2D eigenvalue weighted by molar-refractivity contribution is 0.0398. The van der Waals surface area contributed by atoms with Crippen LogP contribution in [0.25, 0.3) is 0 Å². The maximum atomic E-state index is 5.37. The van der Waals surface area contributed by atoms with E-state index >= 15 is 0 Å². The van der Waals surface area contributed by atoms with Crippen molar-refractivity contribution in [3.05, 3.63) is 6.20 Å². The van der Waals surface area contributed by atoms with Crippen LogP contribution in [0.5, 0.6) is 0 Å². The van der Waals surface area contributed by atoms with Crippen molar-refractivity contribution in [1.82, 2.24) is 20.1 Å². The molecule has 0 aliphatic carbocycles. The van der Waals surface area contributed by atoms with Gasteiger partial charge in [0.15, 0.2) is 5.82 Å². The van der Waals surface area contributed by atoms with Gasteiger partial charge in [-0.15, -0.1) is 5.10 Å². The van der Waals surface area contributed by atoms with Gasteiger partial charge in [-0.1, -0.05) is 6.92 Å². The summed E-state index contributed by atoms with van der Waals surface area (Å²) in [5, 5.41) is 11.6. The van der Waals surface area contributed by atoms with E-state index in [9.17, 15) is 0 Å². The topological polar surface area (TPSA) is 66.4 Å². The van der Waals surface area contributed by atoms with Gasteiger partial charge in [0.2, 0.25) is 5.95 Å². The molecule has 2 fully saturated rings. The molecule has 1 N–H and O–H groups in total. The number of piperidine rings is 1. The number of rotatable bonds is 6. The second-order valence-corrected chi connectivity index (χ2v) is 6.27. The molecule has 2 saturated heterocycles. The number of nitrogens with one attached hydrogen (secondary N) is 1. The van der Waals surface area contributed by atoms with Gasteiger partial charge in [0.1, 0.15) is 0 Å². The third kappa shape index (κ3) is 4.51. The summed E-state index contributed by atoms with van der Waals surface area (Å²) in [4.78, 5) is 9.46. The molecule has 0 spiro atoms. The Morgan fingerprint density at radius 3 is 2.96 bits per heavy atom.